The number of nitrogens with one attached hydrogen (secondary N) is 1. The third-order valence-corrected chi connectivity index (χ3v) is 3.01. The number of rotatable bonds is 4. The highest BCUT2D eigenvalue weighted by Crippen LogP contribution is 2.16. The summed E-state index contributed by atoms with van der Waals surface area (Å²) in [7, 11) is 0. The maximum atomic E-state index is 11.9. The SMILES string of the molecule is Cc1ccc(NC(=O)COc2c(C)occc2=O)c(C)c1. The normalized spacial score (nSPS) is 10.2. The molecule has 1 aromatic heterocycles. The molecule has 0 saturated heterocycles. The Bertz CT molecular complexity index is 718. The summed E-state index contributed by atoms with van der Waals surface area (Å²) in [5, 5.41) is 2.75. The molecular formula is C16H17NO4. The Morgan fingerprint density at radius 1 is 1.24 bits per heavy atom. The number of benzene rings is 1. The first-order chi connectivity index (χ1) is 9.97. The van der Waals surface area contributed by atoms with Crippen molar-refractivity contribution in [3.05, 3.63) is 57.6 Å². The van der Waals surface area contributed by atoms with Gasteiger partial charge in [0.25, 0.3) is 5.91 Å². The van der Waals surface area contributed by atoms with Gasteiger partial charge in [0, 0.05) is 11.8 Å². The first kappa shape index (κ1) is 14.8. The van der Waals surface area contributed by atoms with Crippen molar-refractivity contribution in [2.45, 2.75) is 20.8 Å². The zero-order valence-corrected chi connectivity index (χ0v) is 12.2. The lowest BCUT2D eigenvalue weighted by Gasteiger charge is -2.10. The van der Waals surface area contributed by atoms with Crippen LogP contribution in [0.4, 0.5) is 5.69 Å². The number of anilines is 1. The number of hydrogen-bond acceptors (Lipinski definition) is 4. The van der Waals surface area contributed by atoms with Crippen LogP contribution in [0.5, 0.6) is 5.75 Å². The van der Waals surface area contributed by atoms with Gasteiger partial charge in [0.15, 0.2) is 6.61 Å². The Kier molecular flexibility index (Phi) is 4.42. The molecule has 0 aliphatic carbocycles. The van der Waals surface area contributed by atoms with Crippen molar-refractivity contribution in [3.8, 4) is 5.75 Å². The quantitative estimate of drug-likeness (QED) is 0.938. The standard InChI is InChI=1S/C16H17NO4/c1-10-4-5-13(11(2)8-10)17-15(19)9-21-16-12(3)20-7-6-14(16)18/h4-8H,9H2,1-3H3,(H,17,19). The van der Waals surface area contributed by atoms with Crippen molar-refractivity contribution in [3.63, 3.8) is 0 Å². The van der Waals surface area contributed by atoms with Gasteiger partial charge in [0.05, 0.1) is 6.26 Å². The molecular weight excluding hydrogens is 270 g/mol. The van der Waals surface area contributed by atoms with Gasteiger partial charge in [-0.2, -0.15) is 0 Å². The van der Waals surface area contributed by atoms with E-state index in [0.29, 0.717) is 5.76 Å². The van der Waals surface area contributed by atoms with Crippen LogP contribution < -0.4 is 15.5 Å². The highest BCUT2D eigenvalue weighted by molar-refractivity contribution is 5.92. The fourth-order valence-electron chi connectivity index (χ4n) is 1.95. The minimum Gasteiger partial charge on any atom is -0.476 e. The second-order valence-corrected chi connectivity index (χ2v) is 4.83. The van der Waals surface area contributed by atoms with E-state index in [1.54, 1.807) is 6.92 Å². The first-order valence-electron chi connectivity index (χ1n) is 6.55. The molecule has 5 heteroatoms. The molecule has 0 aliphatic heterocycles. The molecule has 0 saturated carbocycles. The summed E-state index contributed by atoms with van der Waals surface area (Å²) in [5.41, 5.74) is 2.52. The second-order valence-electron chi connectivity index (χ2n) is 4.83. The Labute approximate surface area is 122 Å². The zero-order chi connectivity index (χ0) is 15.4. The fourth-order valence-corrected chi connectivity index (χ4v) is 1.95. The predicted octanol–water partition coefficient (Wildman–Crippen LogP) is 2.58. The average Bonchev–Trinajstić information content (AvgIpc) is 2.41. The molecule has 1 amide bonds. The van der Waals surface area contributed by atoms with E-state index >= 15 is 0 Å². The number of ether oxygens (including phenoxy) is 1. The summed E-state index contributed by atoms with van der Waals surface area (Å²) >= 11 is 0. The molecule has 5 nitrogen and oxygen atoms in total. The van der Waals surface area contributed by atoms with Gasteiger partial charge < -0.3 is 14.5 Å². The maximum Gasteiger partial charge on any atom is 0.262 e. The number of amides is 1. The number of hydrogen-bond donors (Lipinski definition) is 1. The Hall–Kier alpha value is -2.56. The smallest absolute Gasteiger partial charge is 0.262 e. The molecule has 1 heterocycles. The molecule has 0 atom stereocenters. The van der Waals surface area contributed by atoms with Gasteiger partial charge in [0.1, 0.15) is 5.76 Å². The van der Waals surface area contributed by atoms with E-state index in [1.165, 1.54) is 12.3 Å². The zero-order valence-electron chi connectivity index (χ0n) is 12.2. The van der Waals surface area contributed by atoms with E-state index in [2.05, 4.69) is 5.32 Å². The number of carbonyl (C=O) groups is 1. The maximum absolute atomic E-state index is 11.9. The van der Waals surface area contributed by atoms with Crippen LogP contribution in [0.3, 0.4) is 0 Å². The largest absolute Gasteiger partial charge is 0.476 e. The second kappa shape index (κ2) is 6.26. The summed E-state index contributed by atoms with van der Waals surface area (Å²) in [5.74, 6) is 0.0831. The van der Waals surface area contributed by atoms with Gasteiger partial charge in [-0.05, 0) is 32.4 Å². The minimum absolute atomic E-state index is 0.0632. The van der Waals surface area contributed by atoms with Gasteiger partial charge in [-0.15, -0.1) is 0 Å². The van der Waals surface area contributed by atoms with Gasteiger partial charge in [-0.3, -0.25) is 9.59 Å². The summed E-state index contributed by atoms with van der Waals surface area (Å²) in [6.07, 6.45) is 1.29. The number of carbonyl (C=O) groups excluding carboxylic acids is 1. The van der Waals surface area contributed by atoms with E-state index < -0.39 is 0 Å². The van der Waals surface area contributed by atoms with Crippen molar-refractivity contribution < 1.29 is 13.9 Å². The number of aryl methyl sites for hydroxylation is 3. The summed E-state index contributed by atoms with van der Waals surface area (Å²) in [6.45, 7) is 5.26. The summed E-state index contributed by atoms with van der Waals surface area (Å²) in [4.78, 5) is 23.5. The van der Waals surface area contributed by atoms with Gasteiger partial charge >= 0.3 is 0 Å². The van der Waals surface area contributed by atoms with Crippen LogP contribution >= 0.6 is 0 Å². The highest BCUT2D eigenvalue weighted by Gasteiger charge is 2.10. The lowest BCUT2D eigenvalue weighted by atomic mass is 10.1. The van der Waals surface area contributed by atoms with Crippen LogP contribution in [0.25, 0.3) is 0 Å². The summed E-state index contributed by atoms with van der Waals surface area (Å²) < 4.78 is 10.3. The lowest BCUT2D eigenvalue weighted by Crippen LogP contribution is -2.22. The van der Waals surface area contributed by atoms with Gasteiger partial charge in [-0.25, -0.2) is 0 Å². The highest BCUT2D eigenvalue weighted by atomic mass is 16.5. The Morgan fingerprint density at radius 3 is 2.67 bits per heavy atom. The van der Waals surface area contributed by atoms with Gasteiger partial charge in [-0.1, -0.05) is 17.7 Å². The molecule has 0 unspecified atom stereocenters. The Balaban J connectivity index is 2.01. The molecule has 0 radical (unpaired) electrons. The fraction of sp³-hybridized carbons (Fsp3) is 0.250. The van der Waals surface area contributed by atoms with Crippen molar-refractivity contribution >= 4 is 11.6 Å². The third-order valence-electron chi connectivity index (χ3n) is 3.01. The molecule has 0 spiro atoms. The van der Waals surface area contributed by atoms with Crippen molar-refractivity contribution in [2.24, 2.45) is 0 Å². The van der Waals surface area contributed by atoms with E-state index in [9.17, 15) is 9.59 Å². The molecule has 0 fully saturated rings. The van der Waals surface area contributed by atoms with Crippen LogP contribution in [-0.2, 0) is 4.79 Å². The average molecular weight is 287 g/mol. The molecule has 0 aliphatic rings. The van der Waals surface area contributed by atoms with Crippen LogP contribution in [0.2, 0.25) is 0 Å². The third kappa shape index (κ3) is 3.72. The van der Waals surface area contributed by atoms with E-state index in [4.69, 9.17) is 9.15 Å². The molecule has 2 aromatic rings. The van der Waals surface area contributed by atoms with Crippen LogP contribution in [0, 0.1) is 20.8 Å². The predicted molar refractivity (Wildman–Crippen MR) is 79.8 cm³/mol. The minimum atomic E-state index is -0.329. The molecule has 0 bridgehead atoms. The molecule has 1 aromatic carbocycles. The summed E-state index contributed by atoms with van der Waals surface area (Å²) in [6, 6.07) is 6.99. The van der Waals surface area contributed by atoms with Crippen LogP contribution in [0.15, 0.2) is 39.7 Å². The monoisotopic (exact) mass is 287 g/mol. The molecule has 21 heavy (non-hydrogen) atoms. The van der Waals surface area contributed by atoms with E-state index in [-0.39, 0.29) is 23.7 Å². The van der Waals surface area contributed by atoms with Crippen molar-refractivity contribution in [1.29, 1.82) is 0 Å². The lowest BCUT2D eigenvalue weighted by molar-refractivity contribution is -0.118. The van der Waals surface area contributed by atoms with Crippen molar-refractivity contribution in [2.75, 3.05) is 11.9 Å². The van der Waals surface area contributed by atoms with Crippen LogP contribution in [0.1, 0.15) is 16.9 Å². The topological polar surface area (TPSA) is 68.5 Å². The van der Waals surface area contributed by atoms with E-state index in [0.717, 1.165) is 16.8 Å². The first-order valence-corrected chi connectivity index (χ1v) is 6.55. The van der Waals surface area contributed by atoms with Gasteiger partial charge in [0.2, 0.25) is 11.2 Å². The molecule has 1 N–H and O–H groups in total. The Morgan fingerprint density at radius 2 is 2.00 bits per heavy atom. The van der Waals surface area contributed by atoms with Crippen molar-refractivity contribution in [1.82, 2.24) is 0 Å². The van der Waals surface area contributed by atoms with Crippen LogP contribution in [-0.4, -0.2) is 12.5 Å². The van der Waals surface area contributed by atoms with E-state index in [1.807, 2.05) is 32.0 Å². The molecule has 110 valence electrons. The molecule has 2 rings (SSSR count).